The second-order valence-corrected chi connectivity index (χ2v) is 5.50. The van der Waals surface area contributed by atoms with Crippen LogP contribution in [0.2, 0.25) is 6.55 Å². The minimum absolute atomic E-state index is 0.337. The zero-order valence-corrected chi connectivity index (χ0v) is 8.35. The zero-order valence-electron chi connectivity index (χ0n) is 7.35. The van der Waals surface area contributed by atoms with Gasteiger partial charge in [0, 0.05) is 11.9 Å². The Balaban J connectivity index is 2.43. The van der Waals surface area contributed by atoms with Gasteiger partial charge in [-0.05, 0) is 23.4 Å². The summed E-state index contributed by atoms with van der Waals surface area (Å²) in [6, 6.07) is 6.27. The van der Waals surface area contributed by atoms with Gasteiger partial charge in [-0.2, -0.15) is 0 Å². The van der Waals surface area contributed by atoms with Crippen molar-refractivity contribution in [2.75, 3.05) is 18.6 Å². The first-order chi connectivity index (χ1) is 5.81. The first-order valence-electron chi connectivity index (χ1n) is 4.06. The van der Waals surface area contributed by atoms with Gasteiger partial charge in [-0.1, -0.05) is 6.55 Å². The van der Waals surface area contributed by atoms with E-state index in [0.29, 0.717) is 0 Å². The molecule has 0 aliphatic carbocycles. The van der Waals surface area contributed by atoms with Crippen molar-refractivity contribution in [3.8, 4) is 5.75 Å². The van der Waals surface area contributed by atoms with E-state index in [9.17, 15) is 0 Å². The Labute approximate surface area is 74.2 Å². The number of methoxy groups -OCH3 is 1. The molecule has 0 fully saturated rings. The topological polar surface area (TPSA) is 21.3 Å². The fraction of sp³-hybridized carbons (Fsp3) is 0.333. The summed E-state index contributed by atoms with van der Waals surface area (Å²) < 4.78 is 5.18. The first-order valence-corrected chi connectivity index (χ1v) is 6.26. The summed E-state index contributed by atoms with van der Waals surface area (Å²) in [7, 11) is 1.38. The van der Waals surface area contributed by atoms with Crippen LogP contribution in [-0.4, -0.2) is 22.1 Å². The molecular weight excluding hydrogens is 166 g/mol. The fourth-order valence-electron chi connectivity index (χ4n) is 1.48. The molecule has 1 heterocycles. The third kappa shape index (κ3) is 1.10. The minimum Gasteiger partial charge on any atom is -0.497 e. The predicted octanol–water partition coefficient (Wildman–Crippen LogP) is 0.991. The van der Waals surface area contributed by atoms with E-state index >= 15 is 0 Å². The second kappa shape index (κ2) is 2.82. The summed E-state index contributed by atoms with van der Waals surface area (Å²) in [6.45, 7) is 2.32. The Morgan fingerprint density at radius 3 is 3.08 bits per heavy atom. The van der Waals surface area contributed by atoms with Gasteiger partial charge in [0.15, 0.2) is 0 Å². The van der Waals surface area contributed by atoms with E-state index < -0.39 is 0 Å². The smallest absolute Gasteiger partial charge is 0.118 e. The van der Waals surface area contributed by atoms with E-state index in [1.165, 1.54) is 10.9 Å². The van der Waals surface area contributed by atoms with Crippen LogP contribution in [0.1, 0.15) is 0 Å². The summed E-state index contributed by atoms with van der Waals surface area (Å²) in [6.07, 6.45) is 1.15. The molecule has 0 atom stereocenters. The highest BCUT2D eigenvalue weighted by Gasteiger charge is 2.19. The van der Waals surface area contributed by atoms with Crippen molar-refractivity contribution >= 4 is 19.7 Å². The molecule has 1 aliphatic heterocycles. The van der Waals surface area contributed by atoms with Crippen LogP contribution in [0, 0.1) is 0 Å². The van der Waals surface area contributed by atoms with Gasteiger partial charge in [-0.15, -0.1) is 0 Å². The molecule has 0 spiro atoms. The molecule has 1 aromatic rings. The molecule has 12 heavy (non-hydrogen) atoms. The maximum atomic E-state index is 5.18. The van der Waals surface area contributed by atoms with Crippen molar-refractivity contribution in [1.29, 1.82) is 0 Å². The van der Waals surface area contributed by atoms with E-state index in [0.717, 1.165) is 11.9 Å². The highest BCUT2D eigenvalue weighted by molar-refractivity contribution is 6.75. The predicted molar refractivity (Wildman–Crippen MR) is 52.7 cm³/mol. The highest BCUT2D eigenvalue weighted by atomic mass is 28.3. The summed E-state index contributed by atoms with van der Waals surface area (Å²) in [5.74, 6) is 0.974. The Morgan fingerprint density at radius 2 is 2.33 bits per heavy atom. The maximum Gasteiger partial charge on any atom is 0.118 e. The molecule has 0 amide bonds. The summed E-state index contributed by atoms with van der Waals surface area (Å²) in [5.41, 5.74) is 1.30. The van der Waals surface area contributed by atoms with Gasteiger partial charge in [0.1, 0.15) is 14.5 Å². The Morgan fingerprint density at radius 1 is 1.50 bits per heavy atom. The molecule has 0 unspecified atom stereocenters. The molecular formula is C9H12NOSi. The monoisotopic (exact) mass is 178 g/mol. The Kier molecular flexibility index (Phi) is 1.81. The quantitative estimate of drug-likeness (QED) is 0.648. The summed E-state index contributed by atoms with van der Waals surface area (Å²) >= 11 is 0. The van der Waals surface area contributed by atoms with Crippen molar-refractivity contribution in [1.82, 2.24) is 0 Å². The van der Waals surface area contributed by atoms with Gasteiger partial charge in [0.05, 0.1) is 7.11 Å². The van der Waals surface area contributed by atoms with E-state index in [1.807, 2.05) is 6.07 Å². The maximum absolute atomic E-state index is 5.18. The molecule has 63 valence electrons. The molecule has 0 bridgehead atoms. The summed E-state index contributed by atoms with van der Waals surface area (Å²) in [5, 5.41) is 4.86. The fourth-order valence-corrected chi connectivity index (χ4v) is 3.15. The number of benzene rings is 1. The zero-order chi connectivity index (χ0) is 8.55. The van der Waals surface area contributed by atoms with Crippen molar-refractivity contribution in [3.05, 3.63) is 18.2 Å². The minimum atomic E-state index is -0.337. The summed E-state index contributed by atoms with van der Waals surface area (Å²) in [4.78, 5) is 0. The molecule has 3 heteroatoms. The molecule has 1 radical (unpaired) electrons. The molecule has 2 rings (SSSR count). The molecule has 1 aliphatic rings. The van der Waals surface area contributed by atoms with Crippen LogP contribution in [0.25, 0.3) is 0 Å². The third-order valence-electron chi connectivity index (χ3n) is 2.23. The van der Waals surface area contributed by atoms with E-state index in [2.05, 4.69) is 24.0 Å². The molecule has 0 aromatic heterocycles. The lowest BCUT2D eigenvalue weighted by molar-refractivity contribution is 0.415. The first kappa shape index (κ1) is 7.67. The average molecular weight is 178 g/mol. The number of rotatable bonds is 1. The van der Waals surface area contributed by atoms with Gasteiger partial charge >= 0.3 is 0 Å². The molecule has 0 saturated heterocycles. The van der Waals surface area contributed by atoms with Crippen molar-refractivity contribution in [3.63, 3.8) is 0 Å². The van der Waals surface area contributed by atoms with Crippen molar-refractivity contribution in [2.45, 2.75) is 6.55 Å². The number of ether oxygens (including phenoxy) is 1. The average Bonchev–Trinajstić information content (AvgIpc) is 2.47. The third-order valence-corrected chi connectivity index (χ3v) is 4.27. The molecule has 1 aromatic carbocycles. The van der Waals surface area contributed by atoms with Gasteiger partial charge in [0.25, 0.3) is 0 Å². The van der Waals surface area contributed by atoms with Crippen molar-refractivity contribution in [2.24, 2.45) is 0 Å². The second-order valence-electron chi connectivity index (χ2n) is 3.05. The number of hydrogen-bond acceptors (Lipinski definition) is 2. The van der Waals surface area contributed by atoms with Gasteiger partial charge in [-0.3, -0.25) is 0 Å². The SMILES string of the molecule is COc1ccc2c(c1)[Si](C)CN2. The number of fused-ring (bicyclic) bond motifs is 1. The lowest BCUT2D eigenvalue weighted by Crippen LogP contribution is -2.24. The van der Waals surface area contributed by atoms with E-state index in [4.69, 9.17) is 4.74 Å². The largest absolute Gasteiger partial charge is 0.497 e. The number of hydrogen-bond donors (Lipinski definition) is 1. The number of nitrogens with one attached hydrogen (secondary N) is 1. The van der Waals surface area contributed by atoms with Gasteiger partial charge < -0.3 is 10.1 Å². The van der Waals surface area contributed by atoms with Crippen LogP contribution in [0.15, 0.2) is 18.2 Å². The molecule has 2 nitrogen and oxygen atoms in total. The Hall–Kier alpha value is -0.963. The lowest BCUT2D eigenvalue weighted by atomic mass is 10.3. The lowest BCUT2D eigenvalue weighted by Gasteiger charge is -2.04. The normalized spacial score (nSPS) is 15.5. The molecule has 1 N–H and O–H groups in total. The van der Waals surface area contributed by atoms with Crippen LogP contribution >= 0.6 is 0 Å². The Bertz CT molecular complexity index is 301. The van der Waals surface area contributed by atoms with E-state index in [-0.39, 0.29) is 8.80 Å². The van der Waals surface area contributed by atoms with Crippen LogP contribution in [-0.2, 0) is 0 Å². The van der Waals surface area contributed by atoms with Crippen LogP contribution in [0.4, 0.5) is 5.69 Å². The van der Waals surface area contributed by atoms with Crippen LogP contribution in [0.3, 0.4) is 0 Å². The van der Waals surface area contributed by atoms with Gasteiger partial charge in [-0.25, -0.2) is 0 Å². The standard InChI is InChI=1S/C9H12NOSi/c1-11-7-3-4-8-9(5-7)12(2)6-10-8/h3-5,10H,6H2,1-2H3. The highest BCUT2D eigenvalue weighted by Crippen LogP contribution is 2.17. The van der Waals surface area contributed by atoms with Gasteiger partial charge in [0.2, 0.25) is 0 Å². The van der Waals surface area contributed by atoms with Crippen LogP contribution < -0.4 is 15.2 Å². The van der Waals surface area contributed by atoms with Crippen molar-refractivity contribution < 1.29 is 4.74 Å². The van der Waals surface area contributed by atoms with E-state index in [1.54, 1.807) is 7.11 Å². The molecule has 0 saturated carbocycles. The van der Waals surface area contributed by atoms with Crippen LogP contribution in [0.5, 0.6) is 5.75 Å². The number of anilines is 1.